The van der Waals surface area contributed by atoms with E-state index in [0.29, 0.717) is 11.3 Å². The van der Waals surface area contributed by atoms with Gasteiger partial charge in [0.1, 0.15) is 0 Å². The number of piperazine rings is 1. The van der Waals surface area contributed by atoms with Gasteiger partial charge in [-0.3, -0.25) is 0 Å². The van der Waals surface area contributed by atoms with Crippen molar-refractivity contribution in [3.63, 3.8) is 0 Å². The molecule has 1 fully saturated rings. The maximum Gasteiger partial charge on any atom is 0.178 e. The van der Waals surface area contributed by atoms with Gasteiger partial charge in [-0.1, -0.05) is 18.2 Å². The first-order valence-electron chi connectivity index (χ1n) is 5.90. The van der Waals surface area contributed by atoms with Gasteiger partial charge in [0.25, 0.3) is 0 Å². The van der Waals surface area contributed by atoms with Crippen molar-refractivity contribution in [3.05, 3.63) is 30.3 Å². The van der Waals surface area contributed by atoms with Crippen LogP contribution in [-0.4, -0.2) is 39.8 Å². The average Bonchev–Trinajstić information content (AvgIpc) is 2.39. The monoisotopic (exact) mass is 254 g/mol. The number of hydrogen-bond acceptors (Lipinski definition) is 4. The third-order valence-corrected chi connectivity index (χ3v) is 4.73. The number of hydrogen-bond donors (Lipinski definition) is 2. The van der Waals surface area contributed by atoms with Gasteiger partial charge >= 0.3 is 0 Å². The number of sulfone groups is 1. The van der Waals surface area contributed by atoms with E-state index in [1.54, 1.807) is 24.3 Å². The van der Waals surface area contributed by atoms with E-state index in [4.69, 9.17) is 0 Å². The van der Waals surface area contributed by atoms with Gasteiger partial charge < -0.3 is 10.6 Å². The number of benzene rings is 1. The van der Waals surface area contributed by atoms with Crippen molar-refractivity contribution < 1.29 is 8.42 Å². The first-order chi connectivity index (χ1) is 8.18. The highest BCUT2D eigenvalue weighted by molar-refractivity contribution is 7.91. The van der Waals surface area contributed by atoms with Gasteiger partial charge in [-0.05, 0) is 18.6 Å². The molecule has 0 radical (unpaired) electrons. The van der Waals surface area contributed by atoms with Gasteiger partial charge in [-0.15, -0.1) is 0 Å². The predicted octanol–water partition coefficient (Wildman–Crippen LogP) is 0.412. The normalized spacial score (nSPS) is 21.3. The highest BCUT2D eigenvalue weighted by Crippen LogP contribution is 2.12. The highest BCUT2D eigenvalue weighted by atomic mass is 32.2. The van der Waals surface area contributed by atoms with Crippen LogP contribution in [0.5, 0.6) is 0 Å². The van der Waals surface area contributed by atoms with Gasteiger partial charge in [-0.25, -0.2) is 8.42 Å². The molecule has 0 bridgehead atoms. The molecule has 5 heteroatoms. The Hall–Kier alpha value is -0.910. The summed E-state index contributed by atoms with van der Waals surface area (Å²) < 4.78 is 24.1. The van der Waals surface area contributed by atoms with E-state index in [1.807, 2.05) is 6.07 Å². The molecule has 0 amide bonds. The van der Waals surface area contributed by atoms with Crippen LogP contribution in [0.2, 0.25) is 0 Å². The zero-order chi connectivity index (χ0) is 12.1. The fourth-order valence-electron chi connectivity index (χ4n) is 1.96. The predicted molar refractivity (Wildman–Crippen MR) is 67.8 cm³/mol. The Morgan fingerprint density at radius 3 is 2.59 bits per heavy atom. The fraction of sp³-hybridized carbons (Fsp3) is 0.500. The van der Waals surface area contributed by atoms with Gasteiger partial charge in [0.05, 0.1) is 10.6 Å². The SMILES string of the molecule is O=S(=O)(CCC1CNCCN1)c1ccccc1. The molecule has 1 aromatic carbocycles. The van der Waals surface area contributed by atoms with Crippen LogP contribution in [0.4, 0.5) is 0 Å². The largest absolute Gasteiger partial charge is 0.314 e. The lowest BCUT2D eigenvalue weighted by Crippen LogP contribution is -2.48. The van der Waals surface area contributed by atoms with Gasteiger partial charge in [0.15, 0.2) is 9.84 Å². The first-order valence-corrected chi connectivity index (χ1v) is 7.55. The molecular weight excluding hydrogens is 236 g/mol. The van der Waals surface area contributed by atoms with E-state index in [0.717, 1.165) is 19.6 Å². The summed E-state index contributed by atoms with van der Waals surface area (Å²) in [5.74, 6) is 0.205. The van der Waals surface area contributed by atoms with Crippen molar-refractivity contribution in [3.8, 4) is 0 Å². The summed E-state index contributed by atoms with van der Waals surface area (Å²) in [4.78, 5) is 0.420. The van der Waals surface area contributed by atoms with Gasteiger partial charge in [0, 0.05) is 25.7 Å². The molecule has 1 saturated heterocycles. The van der Waals surface area contributed by atoms with E-state index in [1.165, 1.54) is 0 Å². The second-order valence-electron chi connectivity index (χ2n) is 4.28. The maximum atomic E-state index is 12.0. The van der Waals surface area contributed by atoms with Crippen molar-refractivity contribution >= 4 is 9.84 Å². The van der Waals surface area contributed by atoms with Crippen LogP contribution in [0.25, 0.3) is 0 Å². The zero-order valence-corrected chi connectivity index (χ0v) is 10.5. The minimum Gasteiger partial charge on any atom is -0.314 e. The minimum atomic E-state index is -3.13. The molecule has 1 heterocycles. The van der Waals surface area contributed by atoms with Crippen LogP contribution in [0.15, 0.2) is 35.2 Å². The standard InChI is InChI=1S/C12H18N2O2S/c15-17(16,12-4-2-1-3-5-12)9-6-11-10-13-7-8-14-11/h1-5,11,13-14H,6-10H2. The van der Waals surface area contributed by atoms with Gasteiger partial charge in [-0.2, -0.15) is 0 Å². The summed E-state index contributed by atoms with van der Waals surface area (Å²) in [6, 6.07) is 8.91. The maximum absolute atomic E-state index is 12.0. The zero-order valence-electron chi connectivity index (χ0n) is 9.72. The van der Waals surface area contributed by atoms with E-state index in [2.05, 4.69) is 10.6 Å². The first kappa shape index (κ1) is 12.5. The summed E-state index contributed by atoms with van der Waals surface area (Å²) in [7, 11) is -3.13. The third kappa shape index (κ3) is 3.52. The molecule has 1 aromatic rings. The molecule has 0 aromatic heterocycles. The summed E-state index contributed by atoms with van der Waals surface area (Å²) in [5.41, 5.74) is 0. The van der Waals surface area contributed by atoms with Crippen LogP contribution in [0, 0.1) is 0 Å². The van der Waals surface area contributed by atoms with Crippen LogP contribution in [-0.2, 0) is 9.84 Å². The molecule has 1 aliphatic rings. The molecule has 2 N–H and O–H groups in total. The van der Waals surface area contributed by atoms with E-state index in [9.17, 15) is 8.42 Å². The molecule has 2 rings (SSSR count). The molecule has 94 valence electrons. The van der Waals surface area contributed by atoms with E-state index >= 15 is 0 Å². The molecule has 1 unspecified atom stereocenters. The Kier molecular flexibility index (Phi) is 4.15. The second-order valence-corrected chi connectivity index (χ2v) is 6.38. The fourth-order valence-corrected chi connectivity index (χ4v) is 3.36. The quantitative estimate of drug-likeness (QED) is 0.817. The lowest BCUT2D eigenvalue weighted by molar-refractivity contribution is 0.409. The molecule has 0 aliphatic carbocycles. The summed E-state index contributed by atoms with van der Waals surface area (Å²) in [6.45, 7) is 2.72. The number of rotatable bonds is 4. The molecule has 0 saturated carbocycles. The summed E-state index contributed by atoms with van der Waals surface area (Å²) in [5, 5.41) is 6.57. The third-order valence-electron chi connectivity index (χ3n) is 2.96. The van der Waals surface area contributed by atoms with Crippen LogP contribution >= 0.6 is 0 Å². The van der Waals surface area contributed by atoms with Crippen LogP contribution < -0.4 is 10.6 Å². The highest BCUT2D eigenvalue weighted by Gasteiger charge is 2.18. The van der Waals surface area contributed by atoms with Crippen molar-refractivity contribution in [2.75, 3.05) is 25.4 Å². The lowest BCUT2D eigenvalue weighted by Gasteiger charge is -2.24. The molecule has 4 nitrogen and oxygen atoms in total. The Labute approximate surface area is 102 Å². The molecule has 17 heavy (non-hydrogen) atoms. The van der Waals surface area contributed by atoms with Crippen molar-refractivity contribution in [1.29, 1.82) is 0 Å². The summed E-state index contributed by atoms with van der Waals surface area (Å²) >= 11 is 0. The summed E-state index contributed by atoms with van der Waals surface area (Å²) in [6.07, 6.45) is 0.657. The van der Waals surface area contributed by atoms with Crippen LogP contribution in [0.1, 0.15) is 6.42 Å². The lowest BCUT2D eigenvalue weighted by atomic mass is 10.2. The van der Waals surface area contributed by atoms with E-state index in [-0.39, 0.29) is 11.8 Å². The Bertz CT molecular complexity index is 439. The average molecular weight is 254 g/mol. The van der Waals surface area contributed by atoms with Crippen molar-refractivity contribution in [1.82, 2.24) is 10.6 Å². The molecular formula is C12H18N2O2S. The van der Waals surface area contributed by atoms with Crippen molar-refractivity contribution in [2.24, 2.45) is 0 Å². The Morgan fingerprint density at radius 2 is 1.94 bits per heavy atom. The molecule has 1 atom stereocenters. The molecule has 1 aliphatic heterocycles. The van der Waals surface area contributed by atoms with Crippen LogP contribution in [0.3, 0.4) is 0 Å². The Balaban J connectivity index is 1.94. The smallest absolute Gasteiger partial charge is 0.178 e. The topological polar surface area (TPSA) is 58.2 Å². The van der Waals surface area contributed by atoms with Gasteiger partial charge in [0.2, 0.25) is 0 Å². The molecule has 0 spiro atoms. The Morgan fingerprint density at radius 1 is 1.18 bits per heavy atom. The van der Waals surface area contributed by atoms with E-state index < -0.39 is 9.84 Å². The second kappa shape index (κ2) is 5.62. The van der Waals surface area contributed by atoms with Crippen molar-refractivity contribution in [2.45, 2.75) is 17.4 Å². The minimum absolute atomic E-state index is 0.205. The number of nitrogens with one attached hydrogen (secondary N) is 2.